The second-order valence-electron chi connectivity index (χ2n) is 4.50. The summed E-state index contributed by atoms with van der Waals surface area (Å²) in [4.78, 5) is 0. The molecule has 0 bridgehead atoms. The van der Waals surface area contributed by atoms with Crippen LogP contribution in [-0.2, 0) is 9.84 Å². The third kappa shape index (κ3) is 5.20. The van der Waals surface area contributed by atoms with Crippen LogP contribution in [0, 0.1) is 0 Å². The molecule has 1 aromatic rings. The van der Waals surface area contributed by atoms with Gasteiger partial charge in [-0.05, 0) is 30.7 Å². The Morgan fingerprint density at radius 3 is 2.63 bits per heavy atom. The first-order chi connectivity index (χ1) is 9.02. The molecule has 0 saturated heterocycles. The molecule has 5 heteroatoms. The van der Waals surface area contributed by atoms with Crippen LogP contribution < -0.4 is 10.1 Å². The second-order valence-corrected chi connectivity index (χ2v) is 6.73. The van der Waals surface area contributed by atoms with Crippen LogP contribution >= 0.6 is 0 Å². The minimum Gasteiger partial charge on any atom is -0.497 e. The van der Waals surface area contributed by atoms with Crippen LogP contribution in [0.1, 0.15) is 31.9 Å². The Labute approximate surface area is 116 Å². The third-order valence-corrected chi connectivity index (χ3v) is 4.75. The Hall–Kier alpha value is -1.07. The summed E-state index contributed by atoms with van der Waals surface area (Å²) in [5, 5.41) is 3.23. The van der Waals surface area contributed by atoms with E-state index in [2.05, 4.69) is 5.32 Å². The van der Waals surface area contributed by atoms with Crippen molar-refractivity contribution in [2.24, 2.45) is 0 Å². The fourth-order valence-electron chi connectivity index (χ4n) is 2.03. The maximum atomic E-state index is 12.0. The molecule has 0 fully saturated rings. The number of nitrogens with one attached hydrogen (secondary N) is 1. The van der Waals surface area contributed by atoms with Crippen LogP contribution in [0.3, 0.4) is 0 Å². The van der Waals surface area contributed by atoms with Gasteiger partial charge in [-0.3, -0.25) is 0 Å². The Morgan fingerprint density at radius 2 is 2.05 bits per heavy atom. The minimum absolute atomic E-state index is 0.127. The molecule has 0 amide bonds. The molecule has 0 aliphatic carbocycles. The van der Waals surface area contributed by atoms with Crippen molar-refractivity contribution in [2.45, 2.75) is 26.3 Å². The Bertz CT molecular complexity index is 485. The lowest BCUT2D eigenvalue weighted by Crippen LogP contribution is -2.29. The van der Waals surface area contributed by atoms with E-state index in [0.717, 1.165) is 17.9 Å². The molecule has 1 atom stereocenters. The molecule has 1 unspecified atom stereocenters. The van der Waals surface area contributed by atoms with Gasteiger partial charge in [0.15, 0.2) is 9.84 Å². The van der Waals surface area contributed by atoms with Crippen molar-refractivity contribution in [1.82, 2.24) is 5.32 Å². The van der Waals surface area contributed by atoms with E-state index in [1.807, 2.05) is 38.1 Å². The van der Waals surface area contributed by atoms with Crippen LogP contribution in [0.4, 0.5) is 0 Å². The van der Waals surface area contributed by atoms with Crippen molar-refractivity contribution in [3.63, 3.8) is 0 Å². The maximum Gasteiger partial charge on any atom is 0.152 e. The molecule has 0 spiro atoms. The van der Waals surface area contributed by atoms with E-state index >= 15 is 0 Å². The number of benzene rings is 1. The van der Waals surface area contributed by atoms with Gasteiger partial charge in [0.2, 0.25) is 0 Å². The highest BCUT2D eigenvalue weighted by Gasteiger charge is 2.19. The van der Waals surface area contributed by atoms with E-state index in [9.17, 15) is 8.42 Å². The number of sulfone groups is 1. The predicted molar refractivity (Wildman–Crippen MR) is 78.4 cm³/mol. The van der Waals surface area contributed by atoms with Gasteiger partial charge in [-0.15, -0.1) is 0 Å². The van der Waals surface area contributed by atoms with E-state index in [1.165, 1.54) is 0 Å². The number of methoxy groups -OCH3 is 1. The molecule has 0 aliphatic rings. The van der Waals surface area contributed by atoms with E-state index in [0.29, 0.717) is 6.42 Å². The highest BCUT2D eigenvalue weighted by molar-refractivity contribution is 7.91. The van der Waals surface area contributed by atoms with Crippen LogP contribution in [-0.4, -0.2) is 33.6 Å². The molecule has 0 radical (unpaired) electrons. The van der Waals surface area contributed by atoms with Gasteiger partial charge in [-0.1, -0.05) is 26.0 Å². The van der Waals surface area contributed by atoms with Gasteiger partial charge in [0, 0.05) is 11.8 Å². The maximum absolute atomic E-state index is 12.0. The summed E-state index contributed by atoms with van der Waals surface area (Å²) in [6, 6.07) is 7.36. The molecule has 0 aliphatic heterocycles. The summed E-state index contributed by atoms with van der Waals surface area (Å²) in [7, 11) is -1.42. The monoisotopic (exact) mass is 285 g/mol. The first-order valence-electron chi connectivity index (χ1n) is 6.60. The standard InChI is InChI=1S/C14H23NO3S/c1-4-9-19(16,17)11-14(15-5-2)12-7-6-8-13(10-12)18-3/h6-8,10,14-15H,4-5,9,11H2,1-3H3. The zero-order valence-electron chi connectivity index (χ0n) is 11.8. The van der Waals surface area contributed by atoms with E-state index in [-0.39, 0.29) is 17.5 Å². The van der Waals surface area contributed by atoms with Gasteiger partial charge in [0.25, 0.3) is 0 Å². The van der Waals surface area contributed by atoms with Crippen molar-refractivity contribution >= 4 is 9.84 Å². The van der Waals surface area contributed by atoms with E-state index in [4.69, 9.17) is 4.74 Å². The summed E-state index contributed by atoms with van der Waals surface area (Å²) < 4.78 is 29.1. The van der Waals surface area contributed by atoms with Gasteiger partial charge < -0.3 is 10.1 Å². The lowest BCUT2D eigenvalue weighted by atomic mass is 10.1. The zero-order chi connectivity index (χ0) is 14.3. The molecule has 1 aromatic carbocycles. The van der Waals surface area contributed by atoms with Crippen molar-refractivity contribution in [3.8, 4) is 5.75 Å². The quantitative estimate of drug-likeness (QED) is 0.795. The van der Waals surface area contributed by atoms with E-state index in [1.54, 1.807) is 7.11 Å². The summed E-state index contributed by atoms with van der Waals surface area (Å²) in [5.41, 5.74) is 0.945. The lowest BCUT2D eigenvalue weighted by Gasteiger charge is -2.19. The van der Waals surface area contributed by atoms with Gasteiger partial charge in [-0.2, -0.15) is 0 Å². The summed E-state index contributed by atoms with van der Waals surface area (Å²) in [6.07, 6.45) is 0.652. The minimum atomic E-state index is -3.02. The molecule has 1 N–H and O–H groups in total. The Balaban J connectivity index is 2.93. The van der Waals surface area contributed by atoms with Crippen molar-refractivity contribution in [3.05, 3.63) is 29.8 Å². The Morgan fingerprint density at radius 1 is 1.32 bits per heavy atom. The summed E-state index contributed by atoms with van der Waals surface area (Å²) in [5.74, 6) is 1.11. The van der Waals surface area contributed by atoms with E-state index < -0.39 is 9.84 Å². The SMILES string of the molecule is CCCS(=O)(=O)CC(NCC)c1cccc(OC)c1. The van der Waals surface area contributed by atoms with Gasteiger partial charge in [0.1, 0.15) is 5.75 Å². The number of hydrogen-bond donors (Lipinski definition) is 1. The van der Waals surface area contributed by atoms with Crippen LogP contribution in [0.5, 0.6) is 5.75 Å². The average molecular weight is 285 g/mol. The van der Waals surface area contributed by atoms with Crippen LogP contribution in [0.25, 0.3) is 0 Å². The molecule has 19 heavy (non-hydrogen) atoms. The molecular formula is C14H23NO3S. The smallest absolute Gasteiger partial charge is 0.152 e. The first kappa shape index (κ1) is 16.0. The number of rotatable bonds is 8. The highest BCUT2D eigenvalue weighted by atomic mass is 32.2. The van der Waals surface area contributed by atoms with Crippen molar-refractivity contribution < 1.29 is 13.2 Å². The van der Waals surface area contributed by atoms with Gasteiger partial charge >= 0.3 is 0 Å². The average Bonchev–Trinajstić information content (AvgIpc) is 2.38. The number of hydrogen-bond acceptors (Lipinski definition) is 4. The largest absolute Gasteiger partial charge is 0.497 e. The molecule has 1 rings (SSSR count). The fraction of sp³-hybridized carbons (Fsp3) is 0.571. The first-order valence-corrected chi connectivity index (χ1v) is 8.42. The lowest BCUT2D eigenvalue weighted by molar-refractivity contribution is 0.413. The van der Waals surface area contributed by atoms with Gasteiger partial charge in [-0.25, -0.2) is 8.42 Å². The molecule has 108 valence electrons. The van der Waals surface area contributed by atoms with Gasteiger partial charge in [0.05, 0.1) is 12.9 Å². The zero-order valence-corrected chi connectivity index (χ0v) is 12.7. The predicted octanol–water partition coefficient (Wildman–Crippen LogP) is 2.17. The molecule has 0 aromatic heterocycles. The Kier molecular flexibility index (Phi) is 6.31. The normalized spacial score (nSPS) is 13.2. The highest BCUT2D eigenvalue weighted by Crippen LogP contribution is 2.21. The fourth-order valence-corrected chi connectivity index (χ4v) is 3.63. The summed E-state index contributed by atoms with van der Waals surface area (Å²) >= 11 is 0. The molecular weight excluding hydrogens is 262 g/mol. The topological polar surface area (TPSA) is 55.4 Å². The molecule has 0 heterocycles. The number of ether oxygens (including phenoxy) is 1. The molecule has 4 nitrogen and oxygen atoms in total. The van der Waals surface area contributed by atoms with Crippen molar-refractivity contribution in [1.29, 1.82) is 0 Å². The van der Waals surface area contributed by atoms with Crippen LogP contribution in [0.15, 0.2) is 24.3 Å². The molecule has 0 saturated carbocycles. The second kappa shape index (κ2) is 7.50. The third-order valence-electron chi connectivity index (χ3n) is 2.88. The van der Waals surface area contributed by atoms with Crippen molar-refractivity contribution in [2.75, 3.05) is 25.2 Å². The summed E-state index contributed by atoms with van der Waals surface area (Å²) in [6.45, 7) is 4.58. The van der Waals surface area contributed by atoms with Crippen LogP contribution in [0.2, 0.25) is 0 Å².